The number of non-ortho nitro benzene ring substituents is 2. The number of likely N-dealkylation sites (tertiary alicyclic amines) is 3. The molecule has 6 aromatic heterocycles. The van der Waals surface area contributed by atoms with Gasteiger partial charge in [-0.25, -0.2) is 15.0 Å². The molecule has 6 N–H and O–H groups in total. The molecule has 0 spiro atoms. The molecule has 0 radical (unpaired) electrons. The molecule has 4 amide bonds. The Morgan fingerprint density at radius 3 is 1.12 bits per heavy atom. The van der Waals surface area contributed by atoms with Gasteiger partial charge in [0.05, 0.1) is 41.1 Å². The molecule has 26 nitrogen and oxygen atoms in total. The number of thioether (sulfide) groups is 3. The average molecular weight is 1640 g/mol. The van der Waals surface area contributed by atoms with Crippen LogP contribution < -0.4 is 27.0 Å². The SMILES string of the molecule is C=CC(=O)Cl.C=CC(=O)Nc1ccc(C(=O)N2CCC[C@@H](Nc3ncc(SCc4cccnc4)s3)C2)cc1.Nc1ccc(C(=O)N2CCC[C@@H](Nc3ncc(SCc4cccnc4)s3)C2)cc1.O=C(Cl)c1ccc([N+](=O)[O-])cc1.O=C(c1ccc([N+](=O)[O-])cc1)N1CCC[C@@H](Nc2ncc(SCc3cccnc3)s2)C1. The van der Waals surface area contributed by atoms with Crippen LogP contribution in [0.2, 0.25) is 0 Å². The Morgan fingerprint density at radius 2 is 0.818 bits per heavy atom. The molecule has 570 valence electrons. The number of nitrogens with zero attached hydrogens (tertiary/aromatic N) is 11. The third-order valence-corrected chi connectivity index (χ3v) is 23.4. The Hall–Kier alpha value is -10.5. The smallest absolute Gasteiger partial charge is 0.269 e. The Morgan fingerprint density at radius 1 is 0.491 bits per heavy atom. The summed E-state index contributed by atoms with van der Waals surface area (Å²) >= 11 is 20.0. The molecule has 4 aromatic carbocycles. The Kier molecular flexibility index (Phi) is 33.2. The van der Waals surface area contributed by atoms with Crippen LogP contribution in [-0.2, 0) is 26.8 Å². The number of piperidine rings is 3. The van der Waals surface area contributed by atoms with Crippen LogP contribution in [-0.4, -0.2) is 146 Å². The summed E-state index contributed by atoms with van der Waals surface area (Å²) in [5.74, 6) is 2.25. The average Bonchev–Trinajstić information content (AvgIpc) is 1.12. The zero-order valence-corrected chi connectivity index (χ0v) is 65.5. The van der Waals surface area contributed by atoms with E-state index in [1.807, 2.05) is 65.2 Å². The summed E-state index contributed by atoms with van der Waals surface area (Å²) < 4.78 is 3.44. The van der Waals surface area contributed by atoms with Crippen molar-refractivity contribution in [3.05, 3.63) is 274 Å². The number of allylic oxidation sites excluding steroid dienone is 1. The zero-order chi connectivity index (χ0) is 78.2. The molecule has 0 aliphatic carbocycles. The molecule has 3 fully saturated rings. The quantitative estimate of drug-likeness (QED) is 0.00937. The predicted octanol–water partition coefficient (Wildman–Crippen LogP) is 16.2. The molecule has 0 bridgehead atoms. The van der Waals surface area contributed by atoms with E-state index in [-0.39, 0.29) is 58.7 Å². The molecule has 3 atom stereocenters. The number of hydrogen-bond donors (Lipinski definition) is 5. The van der Waals surface area contributed by atoms with Gasteiger partial charge in [0.25, 0.3) is 34.3 Å². The first kappa shape index (κ1) is 83.6. The van der Waals surface area contributed by atoms with Crippen molar-refractivity contribution in [2.45, 2.75) is 86.5 Å². The van der Waals surface area contributed by atoms with E-state index in [4.69, 9.17) is 28.9 Å². The van der Waals surface area contributed by atoms with Crippen molar-refractivity contribution in [1.29, 1.82) is 0 Å². The minimum absolute atomic E-state index is 0.00467. The maximum Gasteiger partial charge on any atom is 0.269 e. The van der Waals surface area contributed by atoms with Gasteiger partial charge in [0.1, 0.15) is 0 Å². The largest absolute Gasteiger partial charge is 0.399 e. The van der Waals surface area contributed by atoms with Crippen molar-refractivity contribution in [3.8, 4) is 0 Å². The molecule has 3 aliphatic rings. The first-order valence-corrected chi connectivity index (χ1v) is 40.4. The van der Waals surface area contributed by atoms with Crippen molar-refractivity contribution in [2.75, 3.05) is 66.3 Å². The Labute approximate surface area is 669 Å². The Bertz CT molecular complexity index is 4660. The highest BCUT2D eigenvalue weighted by Crippen LogP contribution is 2.35. The van der Waals surface area contributed by atoms with Crippen LogP contribution in [0.15, 0.2) is 227 Å². The molecule has 3 saturated heterocycles. The molecule has 13 rings (SSSR count). The summed E-state index contributed by atoms with van der Waals surface area (Å²) in [5, 5.41) is 35.7. The maximum absolute atomic E-state index is 13.0. The molecular formula is C76H76Cl2N16O10S6. The number of halogens is 2. The fourth-order valence-electron chi connectivity index (χ4n) is 11.0. The number of nitro benzene ring substituents is 2. The van der Waals surface area contributed by atoms with Crippen LogP contribution in [0.3, 0.4) is 0 Å². The fraction of sp³-hybridized carbons (Fsp3) is 0.237. The molecule has 34 heteroatoms. The van der Waals surface area contributed by atoms with Crippen molar-refractivity contribution in [3.63, 3.8) is 0 Å². The zero-order valence-electron chi connectivity index (χ0n) is 59.1. The van der Waals surface area contributed by atoms with Crippen molar-refractivity contribution < 1.29 is 38.6 Å². The van der Waals surface area contributed by atoms with Gasteiger partial charge in [0.15, 0.2) is 15.4 Å². The maximum atomic E-state index is 13.0. The second-order valence-electron chi connectivity index (χ2n) is 24.4. The van der Waals surface area contributed by atoms with Gasteiger partial charge in [0.2, 0.25) is 11.1 Å². The lowest BCUT2D eigenvalue weighted by Gasteiger charge is -2.33. The van der Waals surface area contributed by atoms with Gasteiger partial charge in [-0.05, 0) is 182 Å². The number of benzene rings is 4. The molecule has 3 aliphatic heterocycles. The number of nitrogens with one attached hydrogen (secondary N) is 4. The van der Waals surface area contributed by atoms with Gasteiger partial charge in [-0.2, -0.15) is 0 Å². The molecule has 0 saturated carbocycles. The second-order valence-corrected chi connectivity index (χ2v) is 32.0. The van der Waals surface area contributed by atoms with Crippen LogP contribution in [0.25, 0.3) is 0 Å². The molecule has 110 heavy (non-hydrogen) atoms. The van der Waals surface area contributed by atoms with Gasteiger partial charge in [-0.1, -0.05) is 65.4 Å². The summed E-state index contributed by atoms with van der Waals surface area (Å²) in [4.78, 5) is 121. The number of nitrogens with two attached hydrogens (primary N) is 1. The number of anilines is 5. The minimum atomic E-state index is -0.620. The van der Waals surface area contributed by atoms with E-state index in [1.165, 1.54) is 75.5 Å². The van der Waals surface area contributed by atoms with E-state index >= 15 is 0 Å². The van der Waals surface area contributed by atoms with Crippen molar-refractivity contribution >= 4 is 165 Å². The predicted molar refractivity (Wildman–Crippen MR) is 439 cm³/mol. The number of thiazole rings is 3. The Balaban J connectivity index is 0.000000172. The van der Waals surface area contributed by atoms with Gasteiger partial charge >= 0.3 is 0 Å². The van der Waals surface area contributed by atoms with Crippen molar-refractivity contribution in [2.24, 2.45) is 0 Å². The van der Waals surface area contributed by atoms with Crippen LogP contribution in [0.5, 0.6) is 0 Å². The van der Waals surface area contributed by atoms with E-state index in [2.05, 4.69) is 82.5 Å². The molecule has 0 unspecified atom stereocenters. The number of nitro groups is 2. The number of carbonyl (C=O) groups excluding carboxylic acids is 6. The minimum Gasteiger partial charge on any atom is -0.399 e. The lowest BCUT2D eigenvalue weighted by atomic mass is 10.0. The van der Waals surface area contributed by atoms with Gasteiger partial charge in [-0.3, -0.25) is 63.9 Å². The third-order valence-electron chi connectivity index (χ3n) is 16.4. The van der Waals surface area contributed by atoms with Crippen LogP contribution in [0.1, 0.15) is 96.6 Å². The highest BCUT2D eigenvalue weighted by molar-refractivity contribution is 8.01. The van der Waals surface area contributed by atoms with E-state index < -0.39 is 20.3 Å². The number of pyridine rings is 3. The third kappa shape index (κ3) is 27.6. The molecular weight excluding hydrogens is 1560 g/mol. The van der Waals surface area contributed by atoms with Crippen LogP contribution in [0, 0.1) is 20.2 Å². The highest BCUT2D eigenvalue weighted by Gasteiger charge is 2.29. The number of rotatable bonds is 24. The molecule has 10 aromatic rings. The monoisotopic (exact) mass is 1630 g/mol. The lowest BCUT2D eigenvalue weighted by molar-refractivity contribution is -0.385. The number of aromatic nitrogens is 6. The summed E-state index contributed by atoms with van der Waals surface area (Å²) in [6.07, 6.45) is 24.7. The van der Waals surface area contributed by atoms with Crippen LogP contribution in [0.4, 0.5) is 38.1 Å². The van der Waals surface area contributed by atoms with Gasteiger partial charge in [0, 0.05) is 170 Å². The number of carbonyl (C=O) groups is 6. The number of hydrogen-bond acceptors (Lipinski definition) is 26. The highest BCUT2D eigenvalue weighted by atomic mass is 35.5. The first-order chi connectivity index (χ1) is 53.2. The lowest BCUT2D eigenvalue weighted by Crippen LogP contribution is -2.45. The fourth-order valence-corrected chi connectivity index (χ4v) is 16.7. The first-order valence-electron chi connectivity index (χ1n) is 34.2. The summed E-state index contributed by atoms with van der Waals surface area (Å²) in [7, 11) is 0. The van der Waals surface area contributed by atoms with Gasteiger partial charge in [-0.15, -0.1) is 35.3 Å². The molecule has 9 heterocycles. The van der Waals surface area contributed by atoms with E-state index in [0.29, 0.717) is 54.2 Å². The van der Waals surface area contributed by atoms with Gasteiger partial charge < -0.3 is 41.7 Å². The van der Waals surface area contributed by atoms with Crippen LogP contribution >= 0.6 is 92.5 Å². The normalized spacial score (nSPS) is 14.9. The number of nitrogen functional groups attached to an aromatic ring is 1. The summed E-state index contributed by atoms with van der Waals surface area (Å²) in [6, 6.07) is 37.5. The van der Waals surface area contributed by atoms with Crippen molar-refractivity contribution in [1.82, 2.24) is 44.6 Å². The second kappa shape index (κ2) is 43.7. The summed E-state index contributed by atoms with van der Waals surface area (Å²) in [5.41, 5.74) is 12.5. The number of amides is 4. The van der Waals surface area contributed by atoms with E-state index in [0.717, 1.165) is 98.8 Å². The summed E-state index contributed by atoms with van der Waals surface area (Å²) in [6.45, 7) is 10.6. The standard InChI is InChI=1S/C24H25N5O2S2.C21H21N5O3S2.C21H23N5OS2.C7H4ClNO3.C3H3ClO/c1-2-21(30)27-19-9-7-18(8-10-19)23(31)29-12-4-6-20(15-29)28-24-26-14-22(33-24)32-16-17-5-3-11-25-13-17;27-20(16-5-7-18(8-6-16)26(28)29)25-10-2-4-17(13-25)24-21-23-12-19(31-21)30-14-15-3-1-9-22-11-15;22-17-7-5-16(6-8-17)20(27)26-10-2-4-18(13-26)25-21-24-12-19(29-21)28-14-15-3-1-9-23-11-15;8-7(10)5-1-3-6(4-2-5)9(11)12;1-2-3(4)5/h2-3,5,7-11,13-14,20H,1,4,6,12,15-16H2,(H,26,28)(H,27,30);1,3,5-9,11-12,17H,2,4,10,13-14H2,(H,23,24);1,3,5-9,11-12,18H,2,4,10,13-14,22H2,(H,24,25);1-4H;2H,1H2/t20-;17-;18-;;/m111../s1. The van der Waals surface area contributed by atoms with E-state index in [9.17, 15) is 49.0 Å². The topological polar surface area (TPSA) is 350 Å². The van der Waals surface area contributed by atoms with E-state index in [1.54, 1.807) is 141 Å².